The van der Waals surface area contributed by atoms with Crippen molar-refractivity contribution in [1.82, 2.24) is 9.62 Å². The lowest BCUT2D eigenvalue weighted by atomic mass is 10.1. The highest BCUT2D eigenvalue weighted by atomic mass is 32.2. The summed E-state index contributed by atoms with van der Waals surface area (Å²) in [7, 11) is -3.65. The van der Waals surface area contributed by atoms with E-state index in [1.807, 2.05) is 27.7 Å². The molecule has 1 aromatic rings. The molecule has 1 heterocycles. The van der Waals surface area contributed by atoms with Crippen LogP contribution in [0.5, 0.6) is 0 Å². The molecule has 25 heavy (non-hydrogen) atoms. The number of carbonyl (C=O) groups excluding carboxylic acids is 1. The zero-order chi connectivity index (χ0) is 18.6. The van der Waals surface area contributed by atoms with Gasteiger partial charge in [0.1, 0.15) is 0 Å². The van der Waals surface area contributed by atoms with Crippen molar-refractivity contribution >= 4 is 15.9 Å². The second-order valence-corrected chi connectivity index (χ2v) is 8.53. The summed E-state index contributed by atoms with van der Waals surface area (Å²) in [6, 6.07) is 6.34. The molecule has 1 aromatic carbocycles. The molecule has 7 heteroatoms. The predicted molar refractivity (Wildman–Crippen MR) is 97.0 cm³/mol. The monoisotopic (exact) mass is 368 g/mol. The lowest BCUT2D eigenvalue weighted by Gasteiger charge is -2.34. The Morgan fingerprint density at radius 1 is 1.24 bits per heavy atom. The number of nitrogens with one attached hydrogen (secondary N) is 1. The SMILES string of the molecule is CCC(CC)NC(=O)c1cccc(S(=O)(=O)N2C[C@@H](C)O[C@@H](C)C2)c1. The summed E-state index contributed by atoms with van der Waals surface area (Å²) < 4.78 is 32.9. The van der Waals surface area contributed by atoms with E-state index in [2.05, 4.69) is 5.32 Å². The Balaban J connectivity index is 2.23. The molecule has 1 aliphatic heterocycles. The van der Waals surface area contributed by atoms with Crippen molar-refractivity contribution < 1.29 is 17.9 Å². The van der Waals surface area contributed by atoms with E-state index in [-0.39, 0.29) is 29.1 Å². The number of hydrogen-bond acceptors (Lipinski definition) is 4. The first-order chi connectivity index (χ1) is 11.8. The zero-order valence-corrected chi connectivity index (χ0v) is 16.2. The van der Waals surface area contributed by atoms with Gasteiger partial charge in [0.2, 0.25) is 10.0 Å². The molecule has 0 saturated carbocycles. The standard InChI is InChI=1S/C18H28N2O4S/c1-5-16(6-2)19-18(21)15-8-7-9-17(10-15)25(22,23)20-11-13(3)24-14(4)12-20/h7-10,13-14,16H,5-6,11-12H2,1-4H3,(H,19,21)/t13-,14+. The second kappa shape index (κ2) is 8.29. The molecule has 0 radical (unpaired) electrons. The smallest absolute Gasteiger partial charge is 0.251 e. The van der Waals surface area contributed by atoms with E-state index in [4.69, 9.17) is 4.74 Å². The Hall–Kier alpha value is -1.44. The third kappa shape index (κ3) is 4.80. The first-order valence-electron chi connectivity index (χ1n) is 8.84. The largest absolute Gasteiger partial charge is 0.373 e. The van der Waals surface area contributed by atoms with Crippen LogP contribution < -0.4 is 5.32 Å². The Morgan fingerprint density at radius 2 is 1.84 bits per heavy atom. The van der Waals surface area contributed by atoms with Crippen LogP contribution in [0.3, 0.4) is 0 Å². The van der Waals surface area contributed by atoms with Crippen molar-refractivity contribution in [2.24, 2.45) is 0 Å². The lowest BCUT2D eigenvalue weighted by Crippen LogP contribution is -2.48. The van der Waals surface area contributed by atoms with Crippen molar-refractivity contribution in [3.63, 3.8) is 0 Å². The molecular formula is C18H28N2O4S. The van der Waals surface area contributed by atoms with Crippen LogP contribution >= 0.6 is 0 Å². The highest BCUT2D eigenvalue weighted by Gasteiger charge is 2.32. The second-order valence-electron chi connectivity index (χ2n) is 6.59. The van der Waals surface area contributed by atoms with Gasteiger partial charge in [-0.15, -0.1) is 0 Å². The summed E-state index contributed by atoms with van der Waals surface area (Å²) in [6.07, 6.45) is 1.37. The van der Waals surface area contributed by atoms with Gasteiger partial charge in [0, 0.05) is 24.7 Å². The Kier molecular flexibility index (Phi) is 6.59. The predicted octanol–water partition coefficient (Wildman–Crippen LogP) is 2.40. The molecule has 2 atom stereocenters. The van der Waals surface area contributed by atoms with Crippen LogP contribution in [-0.2, 0) is 14.8 Å². The quantitative estimate of drug-likeness (QED) is 0.837. The van der Waals surface area contributed by atoms with E-state index in [0.717, 1.165) is 12.8 Å². The van der Waals surface area contributed by atoms with Gasteiger partial charge in [-0.25, -0.2) is 8.42 Å². The number of ether oxygens (including phenoxy) is 1. The van der Waals surface area contributed by atoms with E-state index < -0.39 is 10.0 Å². The third-order valence-corrected chi connectivity index (χ3v) is 6.27. The average molecular weight is 368 g/mol. The minimum atomic E-state index is -3.65. The maximum Gasteiger partial charge on any atom is 0.251 e. The van der Waals surface area contributed by atoms with E-state index in [1.54, 1.807) is 12.1 Å². The summed E-state index contributed by atoms with van der Waals surface area (Å²) in [4.78, 5) is 12.5. The summed E-state index contributed by atoms with van der Waals surface area (Å²) >= 11 is 0. The van der Waals surface area contributed by atoms with Crippen molar-refractivity contribution in [3.05, 3.63) is 29.8 Å². The molecule has 1 aliphatic rings. The first-order valence-corrected chi connectivity index (χ1v) is 10.3. The topological polar surface area (TPSA) is 75.7 Å². The van der Waals surface area contributed by atoms with Gasteiger partial charge in [-0.3, -0.25) is 4.79 Å². The van der Waals surface area contributed by atoms with E-state index in [9.17, 15) is 13.2 Å². The fourth-order valence-corrected chi connectivity index (χ4v) is 4.67. The molecule has 1 N–H and O–H groups in total. The summed E-state index contributed by atoms with van der Waals surface area (Å²) in [5.41, 5.74) is 0.363. The van der Waals surface area contributed by atoms with Gasteiger partial charge in [0.15, 0.2) is 0 Å². The molecule has 1 amide bonds. The maximum absolute atomic E-state index is 12.9. The molecule has 0 bridgehead atoms. The lowest BCUT2D eigenvalue weighted by molar-refractivity contribution is -0.0440. The minimum absolute atomic E-state index is 0.0914. The van der Waals surface area contributed by atoms with Crippen LogP contribution in [0.2, 0.25) is 0 Å². The number of morpholine rings is 1. The van der Waals surface area contributed by atoms with Crippen LogP contribution in [0.4, 0.5) is 0 Å². The first kappa shape index (κ1) is 19.9. The van der Waals surface area contributed by atoms with Gasteiger partial charge in [0.25, 0.3) is 5.91 Å². The summed E-state index contributed by atoms with van der Waals surface area (Å²) in [6.45, 7) is 8.37. The van der Waals surface area contributed by atoms with Gasteiger partial charge < -0.3 is 10.1 Å². The molecule has 0 aliphatic carbocycles. The maximum atomic E-state index is 12.9. The number of hydrogen-bond donors (Lipinski definition) is 1. The molecule has 2 rings (SSSR count). The van der Waals surface area contributed by atoms with Gasteiger partial charge in [-0.05, 0) is 44.9 Å². The number of rotatable bonds is 6. The van der Waals surface area contributed by atoms with Gasteiger partial charge in [-0.2, -0.15) is 4.31 Å². The number of nitrogens with zero attached hydrogens (tertiary/aromatic N) is 1. The fraction of sp³-hybridized carbons (Fsp3) is 0.611. The number of benzene rings is 1. The normalized spacial score (nSPS) is 22.1. The van der Waals surface area contributed by atoms with E-state index in [0.29, 0.717) is 18.7 Å². The van der Waals surface area contributed by atoms with Crippen molar-refractivity contribution in [1.29, 1.82) is 0 Å². The third-order valence-electron chi connectivity index (χ3n) is 4.44. The average Bonchev–Trinajstić information content (AvgIpc) is 2.58. The fourth-order valence-electron chi connectivity index (χ4n) is 3.04. The zero-order valence-electron chi connectivity index (χ0n) is 15.4. The number of amides is 1. The van der Waals surface area contributed by atoms with Crippen LogP contribution in [0.15, 0.2) is 29.2 Å². The van der Waals surface area contributed by atoms with Crippen LogP contribution in [0.25, 0.3) is 0 Å². The molecule has 140 valence electrons. The minimum Gasteiger partial charge on any atom is -0.373 e. The van der Waals surface area contributed by atoms with Gasteiger partial charge in [-0.1, -0.05) is 19.9 Å². The molecule has 1 fully saturated rings. The van der Waals surface area contributed by atoms with Crippen molar-refractivity contribution in [2.75, 3.05) is 13.1 Å². The molecule has 1 saturated heterocycles. The van der Waals surface area contributed by atoms with Crippen molar-refractivity contribution in [3.8, 4) is 0 Å². The highest BCUT2D eigenvalue weighted by Crippen LogP contribution is 2.22. The summed E-state index contributed by atoms with van der Waals surface area (Å²) in [5.74, 6) is -0.241. The van der Waals surface area contributed by atoms with Gasteiger partial charge >= 0.3 is 0 Å². The van der Waals surface area contributed by atoms with E-state index in [1.165, 1.54) is 16.4 Å². The Morgan fingerprint density at radius 3 is 2.40 bits per heavy atom. The van der Waals surface area contributed by atoms with Gasteiger partial charge in [0.05, 0.1) is 17.1 Å². The number of carbonyl (C=O) groups is 1. The summed E-state index contributed by atoms with van der Waals surface area (Å²) in [5, 5.41) is 2.94. The Labute approximate surface area is 150 Å². The van der Waals surface area contributed by atoms with E-state index >= 15 is 0 Å². The molecular weight excluding hydrogens is 340 g/mol. The van der Waals surface area contributed by atoms with Crippen LogP contribution in [-0.4, -0.2) is 50.0 Å². The highest BCUT2D eigenvalue weighted by molar-refractivity contribution is 7.89. The number of sulfonamides is 1. The van der Waals surface area contributed by atoms with Crippen LogP contribution in [0, 0.1) is 0 Å². The molecule has 0 spiro atoms. The molecule has 0 unspecified atom stereocenters. The van der Waals surface area contributed by atoms with Crippen LogP contribution in [0.1, 0.15) is 50.9 Å². The Bertz CT molecular complexity index is 691. The molecule has 0 aromatic heterocycles. The molecule has 6 nitrogen and oxygen atoms in total. The van der Waals surface area contributed by atoms with Crippen molar-refractivity contribution in [2.45, 2.75) is 63.7 Å².